The van der Waals surface area contributed by atoms with E-state index in [9.17, 15) is 9.90 Å². The van der Waals surface area contributed by atoms with Gasteiger partial charge in [-0.1, -0.05) is 0 Å². The van der Waals surface area contributed by atoms with Gasteiger partial charge in [0.15, 0.2) is 0 Å². The second-order valence-electron chi connectivity index (χ2n) is 4.63. The van der Waals surface area contributed by atoms with Crippen molar-refractivity contribution in [2.75, 3.05) is 19.0 Å². The number of methoxy groups -OCH3 is 1. The van der Waals surface area contributed by atoms with Crippen molar-refractivity contribution in [3.8, 4) is 0 Å². The van der Waals surface area contributed by atoms with Gasteiger partial charge in [0.1, 0.15) is 5.82 Å². The fraction of sp³-hybridized carbons (Fsp3) is 0.583. The van der Waals surface area contributed by atoms with Crippen LogP contribution < -0.4 is 5.32 Å². The summed E-state index contributed by atoms with van der Waals surface area (Å²) >= 11 is 0. The Kier molecular flexibility index (Phi) is 3.47. The highest BCUT2D eigenvalue weighted by atomic mass is 16.5. The predicted molar refractivity (Wildman–Crippen MR) is 65.4 cm³/mol. The summed E-state index contributed by atoms with van der Waals surface area (Å²) in [7, 11) is 1.29. The third kappa shape index (κ3) is 2.43. The van der Waals surface area contributed by atoms with Crippen LogP contribution in [-0.2, 0) is 4.74 Å². The normalized spacial score (nSPS) is 16.8. The number of hydrogen-bond acceptors (Lipinski definition) is 6. The minimum absolute atomic E-state index is 0.0346. The summed E-state index contributed by atoms with van der Waals surface area (Å²) in [6.07, 6.45) is 2.89. The van der Waals surface area contributed by atoms with Crippen LogP contribution >= 0.6 is 0 Å². The van der Waals surface area contributed by atoms with Gasteiger partial charge in [-0.2, -0.15) is 0 Å². The zero-order valence-electron chi connectivity index (χ0n) is 10.6. The minimum atomic E-state index is -0.562. The Hall–Kier alpha value is -1.69. The van der Waals surface area contributed by atoms with E-state index in [4.69, 9.17) is 0 Å². The molecule has 6 heteroatoms. The van der Waals surface area contributed by atoms with Crippen molar-refractivity contribution in [3.05, 3.63) is 17.6 Å². The molecule has 1 fully saturated rings. The van der Waals surface area contributed by atoms with E-state index in [2.05, 4.69) is 20.0 Å². The second kappa shape index (κ2) is 4.89. The summed E-state index contributed by atoms with van der Waals surface area (Å²) in [5, 5.41) is 12.6. The van der Waals surface area contributed by atoms with E-state index in [0.29, 0.717) is 11.5 Å². The maximum Gasteiger partial charge on any atom is 0.376 e. The molecule has 1 aliphatic rings. The molecule has 98 valence electrons. The van der Waals surface area contributed by atoms with E-state index in [0.717, 1.165) is 19.3 Å². The van der Waals surface area contributed by atoms with Crippen molar-refractivity contribution in [1.29, 1.82) is 0 Å². The Labute approximate surface area is 105 Å². The molecule has 0 saturated heterocycles. The van der Waals surface area contributed by atoms with Crippen LogP contribution in [0.25, 0.3) is 0 Å². The summed E-state index contributed by atoms with van der Waals surface area (Å²) in [5.41, 5.74) is 0.383. The number of esters is 1. The Balaban J connectivity index is 2.22. The quantitative estimate of drug-likeness (QED) is 0.773. The highest BCUT2D eigenvalue weighted by Crippen LogP contribution is 2.34. The molecule has 1 aromatic rings. The number of anilines is 1. The van der Waals surface area contributed by atoms with Crippen LogP contribution in [0, 0.1) is 6.92 Å². The molecule has 0 atom stereocenters. The molecule has 1 aromatic heterocycles. The number of hydrogen-bond donors (Lipinski definition) is 2. The fourth-order valence-corrected chi connectivity index (χ4v) is 2.01. The average Bonchev–Trinajstić information content (AvgIpc) is 2.32. The van der Waals surface area contributed by atoms with Gasteiger partial charge >= 0.3 is 5.97 Å². The van der Waals surface area contributed by atoms with Crippen LogP contribution in [-0.4, -0.2) is 40.3 Å². The maximum atomic E-state index is 11.4. The third-order valence-electron chi connectivity index (χ3n) is 3.23. The van der Waals surface area contributed by atoms with Crippen molar-refractivity contribution in [2.24, 2.45) is 0 Å². The lowest BCUT2D eigenvalue weighted by atomic mass is 9.77. The zero-order chi connectivity index (χ0) is 13.2. The first-order valence-electron chi connectivity index (χ1n) is 5.92. The summed E-state index contributed by atoms with van der Waals surface area (Å²) in [4.78, 5) is 19.5. The first-order chi connectivity index (χ1) is 8.58. The van der Waals surface area contributed by atoms with Gasteiger partial charge in [-0.05, 0) is 26.2 Å². The molecule has 0 radical (unpaired) electrons. The Morgan fingerprint density at radius 1 is 1.56 bits per heavy atom. The molecule has 1 aliphatic carbocycles. The van der Waals surface area contributed by atoms with Crippen LogP contribution in [0.15, 0.2) is 6.07 Å². The lowest BCUT2D eigenvalue weighted by Gasteiger charge is -2.41. The SMILES string of the molecule is COC(=O)c1nc(C)cc(NC2(CO)CCC2)n1. The Morgan fingerprint density at radius 2 is 2.28 bits per heavy atom. The van der Waals surface area contributed by atoms with E-state index >= 15 is 0 Å². The number of aliphatic hydroxyl groups is 1. The van der Waals surface area contributed by atoms with Crippen molar-refractivity contribution in [1.82, 2.24) is 9.97 Å². The molecule has 0 amide bonds. The second-order valence-corrected chi connectivity index (χ2v) is 4.63. The number of rotatable bonds is 4. The molecular weight excluding hydrogens is 234 g/mol. The minimum Gasteiger partial charge on any atom is -0.463 e. The van der Waals surface area contributed by atoms with Gasteiger partial charge in [-0.15, -0.1) is 0 Å². The predicted octanol–water partition coefficient (Wildman–Crippen LogP) is 0.899. The molecule has 1 saturated carbocycles. The number of nitrogens with zero attached hydrogens (tertiary/aromatic N) is 2. The average molecular weight is 251 g/mol. The van der Waals surface area contributed by atoms with Gasteiger partial charge in [0.2, 0.25) is 5.82 Å². The summed E-state index contributed by atoms with van der Waals surface area (Å²) in [6.45, 7) is 1.84. The zero-order valence-corrected chi connectivity index (χ0v) is 10.6. The molecule has 0 aliphatic heterocycles. The maximum absolute atomic E-state index is 11.4. The van der Waals surface area contributed by atoms with Crippen molar-refractivity contribution >= 4 is 11.8 Å². The molecule has 0 bridgehead atoms. The third-order valence-corrected chi connectivity index (χ3v) is 3.23. The van der Waals surface area contributed by atoms with Crippen LogP contribution in [0.1, 0.15) is 35.6 Å². The first-order valence-corrected chi connectivity index (χ1v) is 5.92. The monoisotopic (exact) mass is 251 g/mol. The van der Waals surface area contributed by atoms with Gasteiger partial charge < -0.3 is 15.2 Å². The van der Waals surface area contributed by atoms with E-state index in [-0.39, 0.29) is 18.0 Å². The lowest BCUT2D eigenvalue weighted by molar-refractivity contribution is 0.0586. The number of carbonyl (C=O) groups is 1. The topological polar surface area (TPSA) is 84.3 Å². The Bertz CT molecular complexity index is 452. The number of nitrogens with one attached hydrogen (secondary N) is 1. The van der Waals surface area contributed by atoms with Crippen LogP contribution in [0.4, 0.5) is 5.82 Å². The largest absolute Gasteiger partial charge is 0.463 e. The number of aliphatic hydroxyl groups excluding tert-OH is 1. The van der Waals surface area contributed by atoms with Gasteiger partial charge in [0.05, 0.1) is 19.3 Å². The molecule has 0 unspecified atom stereocenters. The molecule has 2 N–H and O–H groups in total. The van der Waals surface area contributed by atoms with Gasteiger partial charge in [-0.25, -0.2) is 14.8 Å². The summed E-state index contributed by atoms with van der Waals surface area (Å²) in [5.74, 6) is 0.0254. The van der Waals surface area contributed by atoms with E-state index in [1.54, 1.807) is 13.0 Å². The molecule has 1 heterocycles. The van der Waals surface area contributed by atoms with Gasteiger partial charge in [0.25, 0.3) is 0 Å². The standard InChI is InChI=1S/C12H17N3O3/c1-8-6-9(14-10(13-8)11(17)18-2)15-12(7-16)4-3-5-12/h6,16H,3-5,7H2,1-2H3,(H,13,14,15). The van der Waals surface area contributed by atoms with Gasteiger partial charge in [-0.3, -0.25) is 0 Å². The number of aromatic nitrogens is 2. The van der Waals surface area contributed by atoms with Crippen molar-refractivity contribution in [3.63, 3.8) is 0 Å². The number of ether oxygens (including phenoxy) is 1. The fourth-order valence-electron chi connectivity index (χ4n) is 2.01. The Morgan fingerprint density at radius 3 is 2.78 bits per heavy atom. The molecule has 0 spiro atoms. The molecular formula is C12H17N3O3. The van der Waals surface area contributed by atoms with Gasteiger partial charge in [0, 0.05) is 11.8 Å². The van der Waals surface area contributed by atoms with Crippen molar-refractivity contribution < 1.29 is 14.6 Å². The molecule has 18 heavy (non-hydrogen) atoms. The van der Waals surface area contributed by atoms with E-state index < -0.39 is 5.97 Å². The number of aryl methyl sites for hydroxylation is 1. The van der Waals surface area contributed by atoms with E-state index in [1.807, 2.05) is 0 Å². The summed E-state index contributed by atoms with van der Waals surface area (Å²) in [6, 6.07) is 1.75. The van der Waals surface area contributed by atoms with Crippen molar-refractivity contribution in [2.45, 2.75) is 31.7 Å². The van der Waals surface area contributed by atoms with Crippen LogP contribution in [0.3, 0.4) is 0 Å². The smallest absolute Gasteiger partial charge is 0.376 e. The highest BCUT2D eigenvalue weighted by Gasteiger charge is 2.36. The number of carbonyl (C=O) groups excluding carboxylic acids is 1. The first kappa shape index (κ1) is 12.8. The molecule has 0 aromatic carbocycles. The molecule has 6 nitrogen and oxygen atoms in total. The van der Waals surface area contributed by atoms with Crippen LogP contribution in [0.2, 0.25) is 0 Å². The highest BCUT2D eigenvalue weighted by molar-refractivity contribution is 5.85. The van der Waals surface area contributed by atoms with Crippen LogP contribution in [0.5, 0.6) is 0 Å². The summed E-state index contributed by atoms with van der Waals surface area (Å²) < 4.78 is 4.60. The molecule has 2 rings (SSSR count). The van der Waals surface area contributed by atoms with E-state index in [1.165, 1.54) is 7.11 Å². The lowest BCUT2D eigenvalue weighted by Crippen LogP contribution is -2.48.